The molecule has 0 aliphatic rings. The van der Waals surface area contributed by atoms with Gasteiger partial charge in [-0.2, -0.15) is 4.98 Å². The standard InChI is InChI=1S/C20H31N5O2/c1-5-24(6-2)12-13-25(15-16(3)4)19(26)10-9-18-22-20(23-27-18)17-8-7-11-21-14-17/h7-8,11,14,16H,5-6,9-10,12-13,15H2,1-4H3. The highest BCUT2D eigenvalue weighted by Gasteiger charge is 2.17. The number of carbonyl (C=O) groups excluding carboxylic acids is 1. The number of hydrogen-bond acceptors (Lipinski definition) is 6. The van der Waals surface area contributed by atoms with E-state index in [1.165, 1.54) is 0 Å². The third-order valence-corrected chi connectivity index (χ3v) is 4.46. The molecule has 0 spiro atoms. The van der Waals surface area contributed by atoms with Crippen LogP contribution >= 0.6 is 0 Å². The van der Waals surface area contributed by atoms with Gasteiger partial charge in [-0.15, -0.1) is 0 Å². The highest BCUT2D eigenvalue weighted by atomic mass is 16.5. The highest BCUT2D eigenvalue weighted by molar-refractivity contribution is 5.76. The Morgan fingerprint density at radius 2 is 2.00 bits per heavy atom. The van der Waals surface area contributed by atoms with Crippen LogP contribution in [0.3, 0.4) is 0 Å². The first-order valence-electron chi connectivity index (χ1n) is 9.76. The molecular formula is C20H31N5O2. The van der Waals surface area contributed by atoms with E-state index in [9.17, 15) is 4.79 Å². The summed E-state index contributed by atoms with van der Waals surface area (Å²) >= 11 is 0. The van der Waals surface area contributed by atoms with E-state index in [0.717, 1.165) is 38.3 Å². The zero-order valence-corrected chi connectivity index (χ0v) is 16.9. The predicted octanol–water partition coefficient (Wildman–Crippen LogP) is 2.89. The lowest BCUT2D eigenvalue weighted by molar-refractivity contribution is -0.132. The van der Waals surface area contributed by atoms with E-state index < -0.39 is 0 Å². The van der Waals surface area contributed by atoms with Crippen LogP contribution < -0.4 is 0 Å². The van der Waals surface area contributed by atoms with Crippen LogP contribution in [0.2, 0.25) is 0 Å². The van der Waals surface area contributed by atoms with Gasteiger partial charge in [0.1, 0.15) is 0 Å². The highest BCUT2D eigenvalue weighted by Crippen LogP contribution is 2.14. The lowest BCUT2D eigenvalue weighted by Crippen LogP contribution is -2.40. The maximum absolute atomic E-state index is 12.7. The molecular weight excluding hydrogens is 342 g/mol. The average Bonchev–Trinajstić information content (AvgIpc) is 3.15. The fraction of sp³-hybridized carbons (Fsp3) is 0.600. The lowest BCUT2D eigenvalue weighted by atomic mass is 10.2. The van der Waals surface area contributed by atoms with Crippen LogP contribution in [0.5, 0.6) is 0 Å². The number of likely N-dealkylation sites (N-methyl/N-ethyl adjacent to an activating group) is 1. The number of hydrogen-bond donors (Lipinski definition) is 0. The second kappa shape index (κ2) is 10.8. The second-order valence-electron chi connectivity index (χ2n) is 7.01. The molecule has 2 rings (SSSR count). The van der Waals surface area contributed by atoms with Crippen molar-refractivity contribution in [2.45, 2.75) is 40.5 Å². The fourth-order valence-electron chi connectivity index (χ4n) is 2.90. The Morgan fingerprint density at radius 1 is 1.22 bits per heavy atom. The van der Waals surface area contributed by atoms with Crippen molar-refractivity contribution in [1.82, 2.24) is 24.9 Å². The average molecular weight is 374 g/mol. The van der Waals surface area contributed by atoms with Gasteiger partial charge >= 0.3 is 0 Å². The summed E-state index contributed by atoms with van der Waals surface area (Å²) in [6, 6.07) is 3.71. The molecule has 2 aromatic rings. The minimum atomic E-state index is 0.136. The van der Waals surface area contributed by atoms with Gasteiger partial charge in [0.2, 0.25) is 17.6 Å². The van der Waals surface area contributed by atoms with Gasteiger partial charge in [-0.3, -0.25) is 9.78 Å². The quantitative estimate of drug-likeness (QED) is 0.603. The van der Waals surface area contributed by atoms with Crippen molar-refractivity contribution in [3.05, 3.63) is 30.4 Å². The van der Waals surface area contributed by atoms with Gasteiger partial charge in [-0.25, -0.2) is 0 Å². The van der Waals surface area contributed by atoms with Crippen LogP contribution in [0.15, 0.2) is 29.0 Å². The molecule has 0 aliphatic heterocycles. The molecule has 148 valence electrons. The smallest absolute Gasteiger partial charge is 0.227 e. The molecule has 7 heteroatoms. The number of carbonyl (C=O) groups is 1. The summed E-state index contributed by atoms with van der Waals surface area (Å²) in [7, 11) is 0. The van der Waals surface area contributed by atoms with E-state index in [2.05, 4.69) is 47.7 Å². The number of nitrogens with zero attached hydrogens (tertiary/aromatic N) is 5. The largest absolute Gasteiger partial charge is 0.341 e. The van der Waals surface area contributed by atoms with Gasteiger partial charge in [-0.05, 0) is 31.1 Å². The summed E-state index contributed by atoms with van der Waals surface area (Å²) in [6.07, 6.45) is 4.22. The van der Waals surface area contributed by atoms with Crippen LogP contribution in [0.1, 0.15) is 40.0 Å². The Hall–Kier alpha value is -2.28. The van der Waals surface area contributed by atoms with Gasteiger partial charge in [0, 0.05) is 50.4 Å². The van der Waals surface area contributed by atoms with Crippen molar-refractivity contribution >= 4 is 5.91 Å². The van der Waals surface area contributed by atoms with Gasteiger partial charge in [-0.1, -0.05) is 32.9 Å². The lowest BCUT2D eigenvalue weighted by Gasteiger charge is -2.27. The predicted molar refractivity (Wildman–Crippen MR) is 105 cm³/mol. The maximum atomic E-state index is 12.7. The molecule has 0 aromatic carbocycles. The number of aromatic nitrogens is 3. The summed E-state index contributed by atoms with van der Waals surface area (Å²) in [4.78, 5) is 25.5. The molecule has 0 unspecified atom stereocenters. The molecule has 2 aromatic heterocycles. The van der Waals surface area contributed by atoms with Crippen LogP contribution in [0.4, 0.5) is 0 Å². The zero-order chi connectivity index (χ0) is 19.6. The Morgan fingerprint density at radius 3 is 2.63 bits per heavy atom. The summed E-state index contributed by atoms with van der Waals surface area (Å²) in [5, 5.41) is 3.98. The minimum absolute atomic E-state index is 0.136. The number of pyridine rings is 1. The van der Waals surface area contributed by atoms with Crippen molar-refractivity contribution in [2.24, 2.45) is 5.92 Å². The fourth-order valence-corrected chi connectivity index (χ4v) is 2.90. The van der Waals surface area contributed by atoms with Crippen LogP contribution in [-0.2, 0) is 11.2 Å². The molecule has 2 heterocycles. The summed E-state index contributed by atoms with van der Waals surface area (Å²) in [6.45, 7) is 13.0. The number of aryl methyl sites for hydroxylation is 1. The van der Waals surface area contributed by atoms with Crippen molar-refractivity contribution in [3.63, 3.8) is 0 Å². The molecule has 0 atom stereocenters. The summed E-state index contributed by atoms with van der Waals surface area (Å²) < 4.78 is 5.30. The Labute approximate surface area is 161 Å². The first-order chi connectivity index (χ1) is 13.0. The van der Waals surface area contributed by atoms with Gasteiger partial charge in [0.25, 0.3) is 0 Å². The normalized spacial score (nSPS) is 11.3. The zero-order valence-electron chi connectivity index (χ0n) is 16.9. The molecule has 0 aliphatic carbocycles. The van der Waals surface area contributed by atoms with E-state index in [4.69, 9.17) is 4.52 Å². The summed E-state index contributed by atoms with van der Waals surface area (Å²) in [5.74, 6) is 1.56. The first-order valence-corrected chi connectivity index (χ1v) is 9.76. The first kappa shape index (κ1) is 21.0. The van der Waals surface area contributed by atoms with Crippen molar-refractivity contribution < 1.29 is 9.32 Å². The van der Waals surface area contributed by atoms with E-state index in [1.54, 1.807) is 12.4 Å². The Kier molecular flexibility index (Phi) is 8.39. The van der Waals surface area contributed by atoms with E-state index in [0.29, 0.717) is 30.5 Å². The SMILES string of the molecule is CCN(CC)CCN(CC(C)C)C(=O)CCc1nc(-c2cccnc2)no1. The van der Waals surface area contributed by atoms with Gasteiger partial charge in [0.15, 0.2) is 0 Å². The van der Waals surface area contributed by atoms with Crippen molar-refractivity contribution in [2.75, 3.05) is 32.7 Å². The number of amides is 1. The third-order valence-electron chi connectivity index (χ3n) is 4.46. The molecule has 0 saturated carbocycles. The van der Waals surface area contributed by atoms with Gasteiger partial charge in [0.05, 0.1) is 0 Å². The third kappa shape index (κ3) is 6.75. The summed E-state index contributed by atoms with van der Waals surface area (Å²) in [5.41, 5.74) is 0.805. The topological polar surface area (TPSA) is 75.4 Å². The Balaban J connectivity index is 1.91. The second-order valence-corrected chi connectivity index (χ2v) is 7.01. The van der Waals surface area contributed by atoms with Crippen molar-refractivity contribution in [1.29, 1.82) is 0 Å². The molecule has 0 saturated heterocycles. The number of rotatable bonds is 11. The van der Waals surface area contributed by atoms with Crippen LogP contribution in [0, 0.1) is 5.92 Å². The van der Waals surface area contributed by atoms with E-state index in [-0.39, 0.29) is 5.91 Å². The van der Waals surface area contributed by atoms with E-state index in [1.807, 2.05) is 17.0 Å². The van der Waals surface area contributed by atoms with Gasteiger partial charge < -0.3 is 14.3 Å². The molecule has 0 fully saturated rings. The molecule has 0 N–H and O–H groups in total. The monoisotopic (exact) mass is 373 g/mol. The minimum Gasteiger partial charge on any atom is -0.341 e. The molecule has 27 heavy (non-hydrogen) atoms. The molecule has 1 amide bonds. The molecule has 0 radical (unpaired) electrons. The van der Waals surface area contributed by atoms with Crippen molar-refractivity contribution in [3.8, 4) is 11.4 Å². The maximum Gasteiger partial charge on any atom is 0.227 e. The van der Waals surface area contributed by atoms with E-state index >= 15 is 0 Å². The molecule has 7 nitrogen and oxygen atoms in total. The Bertz CT molecular complexity index is 683. The van der Waals surface area contributed by atoms with Crippen LogP contribution in [0.25, 0.3) is 11.4 Å². The van der Waals surface area contributed by atoms with Crippen LogP contribution in [-0.4, -0.2) is 63.6 Å². The molecule has 0 bridgehead atoms.